The normalized spacial score (nSPS) is 17.6. The standard InChI is InChI=1S/C23H27N7/c1-18-15-29(23-6-2-3-9-24-23)12-11-28(18)10-4-5-19-14-25-22-8-7-20(13-21(19)22)30-16-26-27-17-30/h2-3,6-9,13-14,16-18,25H,4-5,10-12,15H2,1H3. The Morgan fingerprint density at radius 1 is 1.10 bits per heavy atom. The highest BCUT2D eigenvalue weighted by atomic mass is 15.3. The minimum absolute atomic E-state index is 0.532. The maximum Gasteiger partial charge on any atom is 0.128 e. The van der Waals surface area contributed by atoms with E-state index in [0.717, 1.165) is 50.5 Å². The SMILES string of the molecule is CC1CN(c2ccccn2)CCN1CCCc1c[nH]c2ccc(-n3cnnc3)cc12. The molecule has 0 spiro atoms. The third-order valence-corrected chi connectivity index (χ3v) is 6.10. The van der Waals surface area contributed by atoms with E-state index in [2.05, 4.69) is 73.4 Å². The number of piperazine rings is 1. The van der Waals surface area contributed by atoms with Gasteiger partial charge >= 0.3 is 0 Å². The Kier molecular flexibility index (Phi) is 5.19. The lowest BCUT2D eigenvalue weighted by atomic mass is 10.1. The first-order valence-electron chi connectivity index (χ1n) is 10.6. The minimum Gasteiger partial charge on any atom is -0.361 e. The quantitative estimate of drug-likeness (QED) is 0.537. The Morgan fingerprint density at radius 3 is 2.80 bits per heavy atom. The number of aromatic amines is 1. The Balaban J connectivity index is 1.20. The van der Waals surface area contributed by atoms with Crippen LogP contribution >= 0.6 is 0 Å². The van der Waals surface area contributed by atoms with Gasteiger partial charge in [0.1, 0.15) is 18.5 Å². The van der Waals surface area contributed by atoms with Crippen LogP contribution in [-0.4, -0.2) is 61.9 Å². The summed E-state index contributed by atoms with van der Waals surface area (Å²) in [6.07, 6.45) is 9.72. The smallest absolute Gasteiger partial charge is 0.128 e. The van der Waals surface area contributed by atoms with Crippen LogP contribution in [0.15, 0.2) is 61.4 Å². The zero-order valence-corrected chi connectivity index (χ0v) is 17.3. The van der Waals surface area contributed by atoms with E-state index < -0.39 is 0 Å². The molecule has 1 fully saturated rings. The summed E-state index contributed by atoms with van der Waals surface area (Å²) in [5.41, 5.74) is 3.64. The second-order valence-corrected chi connectivity index (χ2v) is 8.04. The average Bonchev–Trinajstić information content (AvgIpc) is 3.45. The van der Waals surface area contributed by atoms with Gasteiger partial charge in [0.2, 0.25) is 0 Å². The topological polar surface area (TPSA) is 65.9 Å². The number of hydrogen-bond acceptors (Lipinski definition) is 5. The largest absolute Gasteiger partial charge is 0.361 e. The summed E-state index contributed by atoms with van der Waals surface area (Å²) in [6, 6.07) is 13.1. The predicted molar refractivity (Wildman–Crippen MR) is 119 cm³/mol. The molecule has 1 N–H and O–H groups in total. The molecular formula is C23H27N7. The van der Waals surface area contributed by atoms with Gasteiger partial charge in [0.25, 0.3) is 0 Å². The fourth-order valence-corrected chi connectivity index (χ4v) is 4.42. The van der Waals surface area contributed by atoms with Crippen LogP contribution in [0.25, 0.3) is 16.6 Å². The first kappa shape index (κ1) is 18.8. The van der Waals surface area contributed by atoms with Crippen molar-refractivity contribution < 1.29 is 0 Å². The zero-order chi connectivity index (χ0) is 20.3. The number of H-pyrrole nitrogens is 1. The lowest BCUT2D eigenvalue weighted by Gasteiger charge is -2.40. The number of nitrogens with one attached hydrogen (secondary N) is 1. The first-order chi connectivity index (χ1) is 14.8. The molecule has 1 aliphatic heterocycles. The van der Waals surface area contributed by atoms with Crippen LogP contribution in [0.1, 0.15) is 18.9 Å². The molecule has 0 bridgehead atoms. The van der Waals surface area contributed by atoms with E-state index >= 15 is 0 Å². The first-order valence-corrected chi connectivity index (χ1v) is 10.6. The summed E-state index contributed by atoms with van der Waals surface area (Å²) < 4.78 is 1.94. The van der Waals surface area contributed by atoms with Gasteiger partial charge in [-0.3, -0.25) is 9.47 Å². The third kappa shape index (κ3) is 3.80. The average molecular weight is 402 g/mol. The number of anilines is 1. The van der Waals surface area contributed by atoms with Gasteiger partial charge < -0.3 is 9.88 Å². The molecule has 154 valence electrons. The number of hydrogen-bond donors (Lipinski definition) is 1. The maximum absolute atomic E-state index is 4.51. The van der Waals surface area contributed by atoms with E-state index in [1.54, 1.807) is 12.7 Å². The van der Waals surface area contributed by atoms with Gasteiger partial charge in [-0.05, 0) is 62.2 Å². The fraction of sp³-hybridized carbons (Fsp3) is 0.348. The molecular weight excluding hydrogens is 374 g/mol. The van der Waals surface area contributed by atoms with Gasteiger partial charge in [-0.2, -0.15) is 0 Å². The van der Waals surface area contributed by atoms with Crippen molar-refractivity contribution in [2.24, 2.45) is 0 Å². The molecule has 7 nitrogen and oxygen atoms in total. The van der Waals surface area contributed by atoms with Crippen molar-refractivity contribution in [1.29, 1.82) is 0 Å². The van der Waals surface area contributed by atoms with Gasteiger partial charge in [0.15, 0.2) is 0 Å². The molecule has 30 heavy (non-hydrogen) atoms. The number of pyridine rings is 1. The molecule has 1 unspecified atom stereocenters. The summed E-state index contributed by atoms with van der Waals surface area (Å²) in [7, 11) is 0. The molecule has 1 atom stereocenters. The van der Waals surface area contributed by atoms with Crippen molar-refractivity contribution in [2.75, 3.05) is 31.1 Å². The fourth-order valence-electron chi connectivity index (χ4n) is 4.42. The Bertz CT molecular complexity index is 1090. The second kappa shape index (κ2) is 8.28. The van der Waals surface area contributed by atoms with E-state index in [9.17, 15) is 0 Å². The van der Waals surface area contributed by atoms with Crippen LogP contribution in [-0.2, 0) is 6.42 Å². The number of rotatable bonds is 6. The Hall–Kier alpha value is -3.19. The van der Waals surface area contributed by atoms with Gasteiger partial charge in [0, 0.05) is 54.7 Å². The summed E-state index contributed by atoms with van der Waals surface area (Å²) >= 11 is 0. The van der Waals surface area contributed by atoms with E-state index in [0.29, 0.717) is 6.04 Å². The van der Waals surface area contributed by atoms with Crippen LogP contribution in [0.2, 0.25) is 0 Å². The lowest BCUT2D eigenvalue weighted by Crippen LogP contribution is -2.52. The molecule has 3 aromatic heterocycles. The molecule has 1 aromatic carbocycles. The molecule has 1 saturated heterocycles. The van der Waals surface area contributed by atoms with E-state index in [1.807, 2.05) is 16.8 Å². The highest BCUT2D eigenvalue weighted by Crippen LogP contribution is 2.23. The zero-order valence-electron chi connectivity index (χ0n) is 17.3. The molecule has 4 heterocycles. The minimum atomic E-state index is 0.532. The predicted octanol–water partition coefficient (Wildman–Crippen LogP) is 3.29. The molecule has 7 heteroatoms. The third-order valence-electron chi connectivity index (χ3n) is 6.10. The van der Waals surface area contributed by atoms with Crippen molar-refractivity contribution in [2.45, 2.75) is 25.8 Å². The van der Waals surface area contributed by atoms with E-state index in [1.165, 1.54) is 16.5 Å². The van der Waals surface area contributed by atoms with E-state index in [4.69, 9.17) is 0 Å². The van der Waals surface area contributed by atoms with Crippen molar-refractivity contribution in [3.05, 3.63) is 67.0 Å². The van der Waals surface area contributed by atoms with Crippen molar-refractivity contribution in [1.82, 2.24) is 29.6 Å². The highest BCUT2D eigenvalue weighted by molar-refractivity contribution is 5.85. The van der Waals surface area contributed by atoms with Gasteiger partial charge in [-0.25, -0.2) is 4.98 Å². The number of nitrogens with zero attached hydrogens (tertiary/aromatic N) is 6. The molecule has 4 aromatic rings. The molecule has 0 radical (unpaired) electrons. The highest BCUT2D eigenvalue weighted by Gasteiger charge is 2.23. The summed E-state index contributed by atoms with van der Waals surface area (Å²) in [5.74, 6) is 1.09. The van der Waals surface area contributed by atoms with Gasteiger partial charge in [0.05, 0.1) is 0 Å². The number of fused-ring (bicyclic) bond motifs is 1. The number of aromatic nitrogens is 5. The molecule has 1 aliphatic rings. The van der Waals surface area contributed by atoms with Crippen molar-refractivity contribution >= 4 is 16.7 Å². The van der Waals surface area contributed by atoms with Crippen LogP contribution in [0.3, 0.4) is 0 Å². The van der Waals surface area contributed by atoms with Crippen molar-refractivity contribution in [3.63, 3.8) is 0 Å². The van der Waals surface area contributed by atoms with E-state index in [-0.39, 0.29) is 0 Å². The van der Waals surface area contributed by atoms with Gasteiger partial charge in [-0.15, -0.1) is 10.2 Å². The lowest BCUT2D eigenvalue weighted by molar-refractivity contribution is 0.187. The van der Waals surface area contributed by atoms with Gasteiger partial charge in [-0.1, -0.05) is 6.07 Å². The Morgan fingerprint density at radius 2 is 2.00 bits per heavy atom. The monoisotopic (exact) mass is 401 g/mol. The summed E-state index contributed by atoms with van der Waals surface area (Å²) in [6.45, 7) is 6.60. The molecule has 0 amide bonds. The van der Waals surface area contributed by atoms with Crippen LogP contribution < -0.4 is 4.90 Å². The number of aryl methyl sites for hydroxylation is 1. The maximum atomic E-state index is 4.51. The number of benzene rings is 1. The summed E-state index contributed by atoms with van der Waals surface area (Å²) in [4.78, 5) is 12.9. The van der Waals surface area contributed by atoms with Crippen LogP contribution in [0, 0.1) is 0 Å². The molecule has 0 saturated carbocycles. The second-order valence-electron chi connectivity index (χ2n) is 8.04. The summed E-state index contributed by atoms with van der Waals surface area (Å²) in [5, 5.41) is 9.11. The Labute approximate surface area is 176 Å². The van der Waals surface area contributed by atoms with Crippen molar-refractivity contribution in [3.8, 4) is 5.69 Å². The molecule has 0 aliphatic carbocycles. The van der Waals surface area contributed by atoms with Crippen LogP contribution in [0.4, 0.5) is 5.82 Å². The molecule has 5 rings (SSSR count). The van der Waals surface area contributed by atoms with Crippen LogP contribution in [0.5, 0.6) is 0 Å².